The van der Waals surface area contributed by atoms with Crippen LogP contribution in [0.5, 0.6) is 0 Å². The first-order valence-electron chi connectivity index (χ1n) is 6.36. The second-order valence-electron chi connectivity index (χ2n) is 4.48. The minimum Gasteiger partial charge on any atom is -0.390 e. The summed E-state index contributed by atoms with van der Waals surface area (Å²) in [4.78, 5) is 11.7. The van der Waals surface area contributed by atoms with Crippen molar-refractivity contribution in [1.29, 1.82) is 0 Å². The van der Waals surface area contributed by atoms with E-state index >= 15 is 0 Å². The number of carbonyl (C=O) groups excluding carboxylic acids is 1. The zero-order valence-electron chi connectivity index (χ0n) is 11.3. The molecule has 0 aliphatic carbocycles. The van der Waals surface area contributed by atoms with Crippen LogP contribution in [0.15, 0.2) is 30.5 Å². The van der Waals surface area contributed by atoms with Crippen LogP contribution in [-0.2, 0) is 6.61 Å². The van der Waals surface area contributed by atoms with Crippen LogP contribution < -0.4 is 5.32 Å². The number of aliphatic hydroxyl groups is 1. The largest absolute Gasteiger partial charge is 0.390 e. The van der Waals surface area contributed by atoms with Crippen molar-refractivity contribution >= 4 is 5.91 Å². The minimum atomic E-state index is -4.30. The third-order valence-electron chi connectivity index (χ3n) is 2.79. The van der Waals surface area contributed by atoms with E-state index in [2.05, 4.69) is 15.6 Å². The normalized spacial score (nSPS) is 11.5. The van der Waals surface area contributed by atoms with Gasteiger partial charge in [0, 0.05) is 12.1 Å². The van der Waals surface area contributed by atoms with E-state index in [1.165, 1.54) is 23.0 Å². The van der Waals surface area contributed by atoms with Crippen molar-refractivity contribution in [3.8, 4) is 5.69 Å². The van der Waals surface area contributed by atoms with Gasteiger partial charge in [-0.15, -0.1) is 5.10 Å². The van der Waals surface area contributed by atoms with Gasteiger partial charge in [0.25, 0.3) is 5.91 Å². The summed E-state index contributed by atoms with van der Waals surface area (Å²) >= 11 is 0. The summed E-state index contributed by atoms with van der Waals surface area (Å²) in [6, 6.07) is 6.10. The highest BCUT2D eigenvalue weighted by atomic mass is 19.4. The summed E-state index contributed by atoms with van der Waals surface area (Å²) < 4.78 is 37.4. The molecule has 22 heavy (non-hydrogen) atoms. The highest BCUT2D eigenvalue weighted by molar-refractivity contribution is 5.94. The van der Waals surface area contributed by atoms with E-state index in [1.54, 1.807) is 12.1 Å². The molecular formula is C13H13F3N4O2. The van der Waals surface area contributed by atoms with Crippen LogP contribution in [0.2, 0.25) is 0 Å². The molecule has 0 aliphatic rings. The van der Waals surface area contributed by atoms with Crippen molar-refractivity contribution in [3.05, 3.63) is 41.7 Å². The number of rotatable bonds is 5. The van der Waals surface area contributed by atoms with Gasteiger partial charge in [-0.1, -0.05) is 5.21 Å². The van der Waals surface area contributed by atoms with E-state index < -0.39 is 25.0 Å². The van der Waals surface area contributed by atoms with Crippen molar-refractivity contribution in [1.82, 2.24) is 20.3 Å². The van der Waals surface area contributed by atoms with Gasteiger partial charge in [0.15, 0.2) is 0 Å². The van der Waals surface area contributed by atoms with Crippen molar-refractivity contribution in [2.45, 2.75) is 19.2 Å². The average Bonchev–Trinajstić information content (AvgIpc) is 2.95. The predicted octanol–water partition coefficient (Wildman–Crippen LogP) is 1.44. The molecule has 0 atom stereocenters. The molecule has 6 nitrogen and oxygen atoms in total. The zero-order chi connectivity index (χ0) is 16.2. The van der Waals surface area contributed by atoms with E-state index in [0.717, 1.165) is 0 Å². The summed E-state index contributed by atoms with van der Waals surface area (Å²) in [7, 11) is 0. The molecule has 0 spiro atoms. The molecule has 2 aromatic rings. The first kappa shape index (κ1) is 16.0. The van der Waals surface area contributed by atoms with Crippen LogP contribution in [0.3, 0.4) is 0 Å². The molecule has 2 N–H and O–H groups in total. The first-order valence-corrected chi connectivity index (χ1v) is 6.36. The maximum Gasteiger partial charge on any atom is 0.390 e. The SMILES string of the molecule is O=C(NCCC(F)(F)F)c1ccc(-n2cc(CO)nn2)cc1. The lowest BCUT2D eigenvalue weighted by molar-refractivity contribution is -0.132. The molecule has 0 bridgehead atoms. The third kappa shape index (κ3) is 4.29. The number of carbonyl (C=O) groups is 1. The van der Waals surface area contributed by atoms with Gasteiger partial charge in [0.05, 0.1) is 24.9 Å². The number of amides is 1. The number of aromatic nitrogens is 3. The van der Waals surface area contributed by atoms with Crippen molar-refractivity contribution in [2.24, 2.45) is 0 Å². The molecular weight excluding hydrogens is 301 g/mol. The van der Waals surface area contributed by atoms with E-state index in [4.69, 9.17) is 5.11 Å². The van der Waals surface area contributed by atoms with E-state index in [9.17, 15) is 18.0 Å². The highest BCUT2D eigenvalue weighted by Crippen LogP contribution is 2.18. The Morgan fingerprint density at radius 1 is 1.27 bits per heavy atom. The molecule has 1 amide bonds. The number of hydrogen-bond acceptors (Lipinski definition) is 4. The maximum atomic E-state index is 12.0. The van der Waals surface area contributed by atoms with E-state index in [0.29, 0.717) is 11.4 Å². The molecule has 0 radical (unpaired) electrons. The van der Waals surface area contributed by atoms with Crippen molar-refractivity contribution in [2.75, 3.05) is 6.54 Å². The van der Waals surface area contributed by atoms with Crippen LogP contribution in [0, 0.1) is 0 Å². The van der Waals surface area contributed by atoms with Gasteiger partial charge < -0.3 is 10.4 Å². The fraction of sp³-hybridized carbons (Fsp3) is 0.308. The molecule has 1 aromatic heterocycles. The molecule has 0 saturated heterocycles. The number of alkyl halides is 3. The van der Waals surface area contributed by atoms with Gasteiger partial charge in [-0.05, 0) is 24.3 Å². The van der Waals surface area contributed by atoms with E-state index in [1.807, 2.05) is 0 Å². The second-order valence-corrected chi connectivity index (χ2v) is 4.48. The summed E-state index contributed by atoms with van der Waals surface area (Å²) in [5.41, 5.74) is 1.25. The molecule has 9 heteroatoms. The summed E-state index contributed by atoms with van der Waals surface area (Å²) in [6.45, 7) is -0.702. The lowest BCUT2D eigenvalue weighted by Crippen LogP contribution is -2.27. The number of nitrogens with one attached hydrogen (secondary N) is 1. The Kier molecular flexibility index (Phi) is 4.76. The Morgan fingerprint density at radius 3 is 2.50 bits per heavy atom. The van der Waals surface area contributed by atoms with Crippen LogP contribution in [0.25, 0.3) is 5.69 Å². The molecule has 118 valence electrons. The molecule has 2 rings (SSSR count). The van der Waals surface area contributed by atoms with Crippen molar-refractivity contribution < 1.29 is 23.1 Å². The van der Waals surface area contributed by atoms with Gasteiger partial charge in [-0.25, -0.2) is 4.68 Å². The van der Waals surface area contributed by atoms with Gasteiger partial charge in [0.1, 0.15) is 5.69 Å². The smallest absolute Gasteiger partial charge is 0.390 e. The van der Waals surface area contributed by atoms with Crippen LogP contribution >= 0.6 is 0 Å². The Bertz CT molecular complexity index is 637. The second kappa shape index (κ2) is 6.56. The topological polar surface area (TPSA) is 80.0 Å². The summed E-state index contributed by atoms with van der Waals surface area (Å²) in [5, 5.41) is 18.6. The molecule has 1 heterocycles. The van der Waals surface area contributed by atoms with Crippen LogP contribution in [0.4, 0.5) is 13.2 Å². The minimum absolute atomic E-state index is 0.236. The first-order chi connectivity index (χ1) is 10.4. The Morgan fingerprint density at radius 2 is 1.95 bits per heavy atom. The van der Waals surface area contributed by atoms with Gasteiger partial charge in [0.2, 0.25) is 0 Å². The number of nitrogens with zero attached hydrogens (tertiary/aromatic N) is 3. The van der Waals surface area contributed by atoms with Gasteiger partial charge in [-0.3, -0.25) is 4.79 Å². The zero-order valence-corrected chi connectivity index (χ0v) is 11.3. The Balaban J connectivity index is 1.97. The summed E-state index contributed by atoms with van der Waals surface area (Å²) in [6.07, 6.45) is -3.84. The number of benzene rings is 1. The Labute approximate surface area is 123 Å². The molecule has 0 unspecified atom stereocenters. The monoisotopic (exact) mass is 314 g/mol. The molecule has 0 fully saturated rings. The lowest BCUT2D eigenvalue weighted by atomic mass is 10.2. The van der Waals surface area contributed by atoms with E-state index in [-0.39, 0.29) is 12.2 Å². The average molecular weight is 314 g/mol. The van der Waals surface area contributed by atoms with Gasteiger partial charge in [-0.2, -0.15) is 13.2 Å². The lowest BCUT2D eigenvalue weighted by Gasteiger charge is -2.08. The standard InChI is InChI=1S/C13H13F3N4O2/c14-13(15,16)5-6-17-12(22)9-1-3-11(4-2-9)20-7-10(8-21)18-19-20/h1-4,7,21H,5-6,8H2,(H,17,22). The third-order valence-corrected chi connectivity index (χ3v) is 2.79. The molecule has 0 aliphatic heterocycles. The molecule has 0 saturated carbocycles. The highest BCUT2D eigenvalue weighted by Gasteiger charge is 2.26. The quantitative estimate of drug-likeness (QED) is 0.875. The predicted molar refractivity (Wildman–Crippen MR) is 70.3 cm³/mol. The number of aliphatic hydroxyl groups excluding tert-OH is 1. The summed E-state index contributed by atoms with van der Waals surface area (Å²) in [5.74, 6) is -0.578. The van der Waals surface area contributed by atoms with Crippen LogP contribution in [-0.4, -0.2) is 38.7 Å². The maximum absolute atomic E-state index is 12.0. The van der Waals surface area contributed by atoms with Crippen molar-refractivity contribution in [3.63, 3.8) is 0 Å². The fourth-order valence-electron chi connectivity index (χ4n) is 1.68. The fourth-order valence-corrected chi connectivity index (χ4v) is 1.68. The van der Waals surface area contributed by atoms with Crippen LogP contribution in [0.1, 0.15) is 22.5 Å². The van der Waals surface area contributed by atoms with Gasteiger partial charge >= 0.3 is 6.18 Å². The number of hydrogen-bond donors (Lipinski definition) is 2. The Hall–Kier alpha value is -2.42. The number of halogens is 3. The molecule has 1 aromatic carbocycles.